The van der Waals surface area contributed by atoms with Crippen molar-refractivity contribution in [1.29, 1.82) is 0 Å². The lowest BCUT2D eigenvalue weighted by Gasteiger charge is -2.23. The van der Waals surface area contributed by atoms with Crippen molar-refractivity contribution in [2.45, 2.75) is 103 Å². The third kappa shape index (κ3) is 24.2. The maximum atomic E-state index is 3.78. The smallest absolute Gasteiger partial charge is 0.0780 e. The first-order chi connectivity index (χ1) is 11.1. The molecule has 0 aromatic heterocycles. The van der Waals surface area contributed by atoms with Crippen LogP contribution in [-0.2, 0) is 0 Å². The molecule has 0 fully saturated rings. The fraction of sp³-hybridized carbons (Fsp3) is 0.909. The molecule has 2 heteroatoms. The second-order valence-electron chi connectivity index (χ2n) is 8.39. The summed E-state index contributed by atoms with van der Waals surface area (Å²) < 4.78 is 1.12. The molecule has 0 unspecified atom stereocenters. The summed E-state index contributed by atoms with van der Waals surface area (Å²) in [5.41, 5.74) is 0. The second kappa shape index (κ2) is 19.3. The molecule has 0 radical (unpaired) electrons. The Balaban J connectivity index is 0. The van der Waals surface area contributed by atoms with E-state index in [-0.39, 0.29) is 12.4 Å². The minimum absolute atomic E-state index is 0. The van der Waals surface area contributed by atoms with Gasteiger partial charge in [-0.2, -0.15) is 0 Å². The highest BCUT2D eigenvalue weighted by Gasteiger charge is 2.04. The topological polar surface area (TPSA) is 0 Å². The molecule has 0 aromatic rings. The number of halogens is 1. The lowest BCUT2D eigenvalue weighted by atomic mass is 10.0. The summed E-state index contributed by atoms with van der Waals surface area (Å²) in [6.07, 6.45) is 24.9. The standard InChI is InChI=1S/C22H46N.ClH/c1-5-6-7-8-9-10-11-12-13-14-15-16-17-18-19-20-21-22-23(2,3)4;/h5H,1,6-22H2,2-4H3;1H/q+1;/p-1. The van der Waals surface area contributed by atoms with Crippen LogP contribution >= 0.6 is 0 Å². The number of allylic oxidation sites excluding steroid dienone is 1. The summed E-state index contributed by atoms with van der Waals surface area (Å²) >= 11 is 0. The van der Waals surface area contributed by atoms with Gasteiger partial charge in [0.05, 0.1) is 27.7 Å². The van der Waals surface area contributed by atoms with Crippen LogP contribution in [0, 0.1) is 0 Å². The zero-order chi connectivity index (χ0) is 17.2. The van der Waals surface area contributed by atoms with E-state index in [9.17, 15) is 0 Å². The van der Waals surface area contributed by atoms with E-state index in [1.165, 1.54) is 109 Å². The average Bonchev–Trinajstić information content (AvgIpc) is 2.49. The molecular weight excluding hydrogens is 314 g/mol. The molecule has 0 heterocycles. The number of hydrogen-bond acceptors (Lipinski definition) is 0. The van der Waals surface area contributed by atoms with Crippen molar-refractivity contribution in [3.63, 3.8) is 0 Å². The highest BCUT2D eigenvalue weighted by Crippen LogP contribution is 2.14. The van der Waals surface area contributed by atoms with Gasteiger partial charge < -0.3 is 16.9 Å². The van der Waals surface area contributed by atoms with Crippen LogP contribution in [-0.4, -0.2) is 32.2 Å². The number of unbranched alkanes of at least 4 members (excludes halogenated alkanes) is 15. The van der Waals surface area contributed by atoms with Gasteiger partial charge >= 0.3 is 0 Å². The zero-order valence-corrected chi connectivity index (χ0v) is 17.9. The lowest BCUT2D eigenvalue weighted by molar-refractivity contribution is -0.870. The van der Waals surface area contributed by atoms with Crippen LogP contribution in [0.5, 0.6) is 0 Å². The summed E-state index contributed by atoms with van der Waals surface area (Å²) in [6.45, 7) is 5.10. The molecule has 0 N–H and O–H groups in total. The summed E-state index contributed by atoms with van der Waals surface area (Å²) in [7, 11) is 6.88. The monoisotopic (exact) mass is 359 g/mol. The Morgan fingerprint density at radius 1 is 0.542 bits per heavy atom. The Labute approximate surface area is 160 Å². The second-order valence-corrected chi connectivity index (χ2v) is 8.39. The maximum absolute atomic E-state index is 3.78. The molecule has 0 aliphatic rings. The summed E-state index contributed by atoms with van der Waals surface area (Å²) in [4.78, 5) is 0. The van der Waals surface area contributed by atoms with Crippen LogP contribution in [0.4, 0.5) is 0 Å². The first-order valence-electron chi connectivity index (χ1n) is 10.5. The highest BCUT2D eigenvalue weighted by atomic mass is 35.5. The molecule has 0 rings (SSSR count). The SMILES string of the molecule is C=CCCCCCCCCCCCCCCCCC[N+](C)(C)C.[Cl-]. The number of hydrogen-bond donors (Lipinski definition) is 0. The van der Waals surface area contributed by atoms with Crippen molar-refractivity contribution < 1.29 is 16.9 Å². The molecule has 1 nitrogen and oxygen atoms in total. The van der Waals surface area contributed by atoms with Gasteiger partial charge in [0.25, 0.3) is 0 Å². The van der Waals surface area contributed by atoms with Crippen LogP contribution in [0.2, 0.25) is 0 Å². The number of nitrogens with zero attached hydrogens (tertiary/aromatic N) is 1. The molecule has 0 spiro atoms. The van der Waals surface area contributed by atoms with E-state index in [1.807, 2.05) is 6.08 Å². The van der Waals surface area contributed by atoms with Gasteiger partial charge in [-0.25, -0.2) is 0 Å². The van der Waals surface area contributed by atoms with E-state index in [1.54, 1.807) is 0 Å². The minimum Gasteiger partial charge on any atom is -1.00 e. The molecule has 0 bridgehead atoms. The van der Waals surface area contributed by atoms with Gasteiger partial charge in [-0.05, 0) is 25.7 Å². The third-order valence-corrected chi connectivity index (χ3v) is 4.74. The Morgan fingerprint density at radius 2 is 0.833 bits per heavy atom. The fourth-order valence-electron chi connectivity index (χ4n) is 3.17. The minimum atomic E-state index is 0. The van der Waals surface area contributed by atoms with E-state index in [4.69, 9.17) is 0 Å². The van der Waals surface area contributed by atoms with Gasteiger partial charge in [0.15, 0.2) is 0 Å². The van der Waals surface area contributed by atoms with Crippen molar-refractivity contribution >= 4 is 0 Å². The van der Waals surface area contributed by atoms with E-state index in [0.29, 0.717) is 0 Å². The van der Waals surface area contributed by atoms with E-state index >= 15 is 0 Å². The van der Waals surface area contributed by atoms with Crippen LogP contribution < -0.4 is 12.4 Å². The fourth-order valence-corrected chi connectivity index (χ4v) is 3.17. The predicted octanol–water partition coefficient (Wildman–Crippen LogP) is 4.12. The van der Waals surface area contributed by atoms with Crippen molar-refractivity contribution in [2.75, 3.05) is 27.7 Å². The summed E-state index contributed by atoms with van der Waals surface area (Å²) in [6, 6.07) is 0. The molecule has 0 aliphatic carbocycles. The van der Waals surface area contributed by atoms with Crippen LogP contribution in [0.25, 0.3) is 0 Å². The Kier molecular flexibility index (Phi) is 21.1. The van der Waals surface area contributed by atoms with Crippen molar-refractivity contribution in [2.24, 2.45) is 0 Å². The van der Waals surface area contributed by atoms with Crippen molar-refractivity contribution in [1.82, 2.24) is 0 Å². The zero-order valence-electron chi connectivity index (χ0n) is 17.1. The maximum Gasteiger partial charge on any atom is 0.0780 e. The molecule has 0 atom stereocenters. The molecule has 0 saturated heterocycles. The van der Waals surface area contributed by atoms with Crippen LogP contribution in [0.3, 0.4) is 0 Å². The summed E-state index contributed by atoms with van der Waals surface area (Å²) in [5, 5.41) is 0. The number of quaternary nitrogens is 1. The molecule has 24 heavy (non-hydrogen) atoms. The van der Waals surface area contributed by atoms with Gasteiger partial charge in [0.1, 0.15) is 0 Å². The molecule has 0 amide bonds. The number of rotatable bonds is 18. The van der Waals surface area contributed by atoms with Crippen LogP contribution in [0.15, 0.2) is 12.7 Å². The Hall–Kier alpha value is -0.0100. The predicted molar refractivity (Wildman–Crippen MR) is 107 cm³/mol. The molecule has 0 saturated carbocycles. The molecule has 146 valence electrons. The molecule has 0 aliphatic heterocycles. The Bertz CT molecular complexity index is 245. The quantitative estimate of drug-likeness (QED) is 0.196. The normalized spacial score (nSPS) is 11.3. The molecular formula is C22H46ClN. The third-order valence-electron chi connectivity index (χ3n) is 4.74. The Morgan fingerprint density at radius 3 is 1.12 bits per heavy atom. The van der Waals surface area contributed by atoms with Crippen molar-refractivity contribution in [3.8, 4) is 0 Å². The van der Waals surface area contributed by atoms with E-state index in [0.717, 1.165) is 4.48 Å². The average molecular weight is 360 g/mol. The van der Waals surface area contributed by atoms with Gasteiger partial charge in [-0.3, -0.25) is 0 Å². The van der Waals surface area contributed by atoms with Gasteiger partial charge in [-0.1, -0.05) is 83.1 Å². The van der Waals surface area contributed by atoms with Gasteiger partial charge in [0.2, 0.25) is 0 Å². The first kappa shape index (κ1) is 26.2. The van der Waals surface area contributed by atoms with E-state index in [2.05, 4.69) is 27.7 Å². The first-order valence-corrected chi connectivity index (χ1v) is 10.5. The summed E-state index contributed by atoms with van der Waals surface area (Å²) in [5.74, 6) is 0. The largest absolute Gasteiger partial charge is 1.00 e. The highest BCUT2D eigenvalue weighted by molar-refractivity contribution is 4.65. The van der Waals surface area contributed by atoms with Crippen LogP contribution in [0.1, 0.15) is 103 Å². The van der Waals surface area contributed by atoms with Crippen molar-refractivity contribution in [3.05, 3.63) is 12.7 Å². The lowest BCUT2D eigenvalue weighted by Crippen LogP contribution is -3.00. The van der Waals surface area contributed by atoms with Gasteiger partial charge in [-0.15, -0.1) is 6.58 Å². The van der Waals surface area contributed by atoms with Gasteiger partial charge in [0, 0.05) is 0 Å². The van der Waals surface area contributed by atoms with E-state index < -0.39 is 0 Å². The molecule has 0 aromatic carbocycles.